The predicted octanol–water partition coefficient (Wildman–Crippen LogP) is 3.10. The first kappa shape index (κ1) is 18.1. The Morgan fingerprint density at radius 1 is 1.04 bits per heavy atom. The van der Waals surface area contributed by atoms with E-state index in [1.54, 1.807) is 18.6 Å². The van der Waals surface area contributed by atoms with Crippen LogP contribution in [-0.4, -0.2) is 48.3 Å². The lowest BCUT2D eigenvalue weighted by Gasteiger charge is -2.28. The number of ether oxygens (including phenoxy) is 1. The van der Waals surface area contributed by atoms with Gasteiger partial charge in [0.25, 0.3) is 0 Å². The van der Waals surface area contributed by atoms with E-state index in [4.69, 9.17) is 9.72 Å². The van der Waals surface area contributed by atoms with Crippen molar-refractivity contribution in [2.24, 2.45) is 0 Å². The molecule has 0 atom stereocenters. The molecule has 6 heteroatoms. The number of aryl methyl sites for hydroxylation is 1. The largest absolute Gasteiger partial charge is 0.378 e. The molecular weight excluding hydrogens is 326 g/mol. The molecule has 0 radical (unpaired) electrons. The second-order valence-corrected chi connectivity index (χ2v) is 5.93. The third-order valence-electron chi connectivity index (χ3n) is 4.32. The van der Waals surface area contributed by atoms with E-state index < -0.39 is 0 Å². The Hall–Kier alpha value is -2.73. The number of morpholine rings is 1. The van der Waals surface area contributed by atoms with Gasteiger partial charge in [-0.05, 0) is 24.6 Å². The van der Waals surface area contributed by atoms with E-state index in [2.05, 4.69) is 51.4 Å². The lowest BCUT2D eigenvalue weighted by atomic mass is 10.1. The lowest BCUT2D eigenvalue weighted by Crippen LogP contribution is -2.36. The van der Waals surface area contributed by atoms with Crippen LogP contribution in [-0.2, 0) is 11.2 Å². The Morgan fingerprint density at radius 3 is 2.50 bits per heavy atom. The molecule has 1 aromatic carbocycles. The molecule has 1 N–H and O–H groups in total. The minimum absolute atomic E-state index is 0.774. The summed E-state index contributed by atoms with van der Waals surface area (Å²) in [6, 6.07) is 10.4. The Balaban J connectivity index is 1.99. The van der Waals surface area contributed by atoms with Crippen LogP contribution in [0.5, 0.6) is 0 Å². The zero-order valence-electron chi connectivity index (χ0n) is 15.4. The van der Waals surface area contributed by atoms with Crippen molar-refractivity contribution in [2.45, 2.75) is 13.3 Å². The zero-order valence-corrected chi connectivity index (χ0v) is 15.4. The van der Waals surface area contributed by atoms with Gasteiger partial charge < -0.3 is 15.0 Å². The Morgan fingerprint density at radius 2 is 1.81 bits per heavy atom. The molecule has 0 amide bonds. The molecule has 1 aromatic heterocycles. The summed E-state index contributed by atoms with van der Waals surface area (Å²) in [7, 11) is 1.87. The van der Waals surface area contributed by atoms with Gasteiger partial charge in [0.15, 0.2) is 0 Å². The fourth-order valence-electron chi connectivity index (χ4n) is 2.89. The Bertz CT molecular complexity index is 771. The maximum atomic E-state index is 5.43. The number of nitrogens with zero attached hydrogens (tertiary/aromatic N) is 4. The lowest BCUT2D eigenvalue weighted by molar-refractivity contribution is 0.122. The molecular formula is C20H25N5O. The highest BCUT2D eigenvalue weighted by Gasteiger charge is 2.11. The normalized spacial score (nSPS) is 13.8. The van der Waals surface area contributed by atoms with E-state index in [-0.39, 0.29) is 0 Å². The Labute approximate surface area is 154 Å². The fraction of sp³-hybridized carbons (Fsp3) is 0.350. The van der Waals surface area contributed by atoms with Crippen LogP contribution in [0.15, 0.2) is 48.9 Å². The average Bonchev–Trinajstić information content (AvgIpc) is 2.72. The number of rotatable bonds is 4. The van der Waals surface area contributed by atoms with Crippen molar-refractivity contribution in [1.82, 2.24) is 15.0 Å². The summed E-state index contributed by atoms with van der Waals surface area (Å²) in [5, 5.41) is 3.16. The average molecular weight is 351 g/mol. The summed E-state index contributed by atoms with van der Waals surface area (Å²) in [6.45, 7) is 5.49. The van der Waals surface area contributed by atoms with Gasteiger partial charge in [0.2, 0.25) is 0 Å². The van der Waals surface area contributed by atoms with Crippen LogP contribution in [0.1, 0.15) is 12.6 Å². The molecule has 2 aromatic rings. The highest BCUT2D eigenvalue weighted by molar-refractivity contribution is 5.64. The molecule has 3 rings (SSSR count). The maximum absolute atomic E-state index is 5.43. The Kier molecular flexibility index (Phi) is 6.33. The van der Waals surface area contributed by atoms with Gasteiger partial charge in [-0.1, -0.05) is 19.1 Å². The highest BCUT2D eigenvalue weighted by atomic mass is 16.5. The fourth-order valence-corrected chi connectivity index (χ4v) is 2.89. The van der Waals surface area contributed by atoms with Crippen molar-refractivity contribution in [3.8, 4) is 11.3 Å². The van der Waals surface area contributed by atoms with Crippen LogP contribution in [0, 0.1) is 0 Å². The third-order valence-corrected chi connectivity index (χ3v) is 4.32. The summed E-state index contributed by atoms with van der Waals surface area (Å²) < 4.78 is 5.43. The molecule has 1 aliphatic rings. The van der Waals surface area contributed by atoms with Crippen molar-refractivity contribution >= 4 is 11.5 Å². The van der Waals surface area contributed by atoms with Gasteiger partial charge in [0.1, 0.15) is 5.82 Å². The topological polar surface area (TPSA) is 63.2 Å². The molecule has 2 heterocycles. The minimum atomic E-state index is 0.774. The van der Waals surface area contributed by atoms with E-state index >= 15 is 0 Å². The van der Waals surface area contributed by atoms with Crippen LogP contribution < -0.4 is 10.2 Å². The highest BCUT2D eigenvalue weighted by Crippen LogP contribution is 2.23. The molecule has 1 fully saturated rings. The zero-order chi connectivity index (χ0) is 18.2. The summed E-state index contributed by atoms with van der Waals surface area (Å²) in [4.78, 5) is 15.8. The SMILES string of the molecule is CCc1nccnccc(-c2ccc(N3CCOCC3)cc2)nc1NC. The monoisotopic (exact) mass is 351 g/mol. The number of aromatic nitrogens is 3. The quantitative estimate of drug-likeness (QED) is 0.913. The maximum Gasteiger partial charge on any atom is 0.148 e. The first-order chi connectivity index (χ1) is 12.8. The van der Waals surface area contributed by atoms with Crippen molar-refractivity contribution < 1.29 is 4.74 Å². The van der Waals surface area contributed by atoms with E-state index in [1.807, 2.05) is 13.1 Å². The van der Waals surface area contributed by atoms with E-state index in [9.17, 15) is 0 Å². The van der Waals surface area contributed by atoms with Gasteiger partial charge in [-0.3, -0.25) is 9.97 Å². The van der Waals surface area contributed by atoms with Gasteiger partial charge in [0, 0.05) is 50.0 Å². The van der Waals surface area contributed by atoms with Gasteiger partial charge in [-0.25, -0.2) is 4.98 Å². The van der Waals surface area contributed by atoms with Crippen molar-refractivity contribution in [2.75, 3.05) is 43.6 Å². The first-order valence-corrected chi connectivity index (χ1v) is 8.97. The van der Waals surface area contributed by atoms with Crippen LogP contribution in [0.2, 0.25) is 0 Å². The standard InChI is InChI=1S/C20H25N5O/c1-3-18-20(21-2)24-19(8-9-22-10-11-23-18)16-4-6-17(7-5-16)25-12-14-26-15-13-25/h4-11H,3,12-15H2,1-2H3,(H,21,24). The number of nitrogens with one attached hydrogen (secondary N) is 1. The third kappa shape index (κ3) is 4.46. The molecule has 136 valence electrons. The second-order valence-electron chi connectivity index (χ2n) is 5.93. The molecule has 1 aliphatic heterocycles. The number of anilines is 2. The smallest absolute Gasteiger partial charge is 0.148 e. The minimum Gasteiger partial charge on any atom is -0.378 e. The van der Waals surface area contributed by atoms with E-state index in [1.165, 1.54) is 5.69 Å². The van der Waals surface area contributed by atoms with Crippen LogP contribution in [0.25, 0.3) is 11.3 Å². The van der Waals surface area contributed by atoms with Crippen LogP contribution in [0.3, 0.4) is 0 Å². The molecule has 0 aliphatic carbocycles. The molecule has 0 unspecified atom stereocenters. The van der Waals surface area contributed by atoms with Gasteiger partial charge >= 0.3 is 0 Å². The predicted molar refractivity (Wildman–Crippen MR) is 105 cm³/mol. The summed E-state index contributed by atoms with van der Waals surface area (Å²) in [5.41, 5.74) is 4.00. The summed E-state index contributed by atoms with van der Waals surface area (Å²) >= 11 is 0. The van der Waals surface area contributed by atoms with Crippen LogP contribution >= 0.6 is 0 Å². The van der Waals surface area contributed by atoms with Crippen molar-refractivity contribution in [3.63, 3.8) is 0 Å². The van der Waals surface area contributed by atoms with E-state index in [0.29, 0.717) is 0 Å². The van der Waals surface area contributed by atoms with Gasteiger partial charge in [-0.2, -0.15) is 0 Å². The molecule has 0 bridgehead atoms. The van der Waals surface area contributed by atoms with Gasteiger partial charge in [-0.15, -0.1) is 0 Å². The van der Waals surface area contributed by atoms with E-state index in [0.717, 1.165) is 55.5 Å². The first-order valence-electron chi connectivity index (χ1n) is 8.97. The van der Waals surface area contributed by atoms with Crippen molar-refractivity contribution in [3.05, 3.63) is 54.6 Å². The van der Waals surface area contributed by atoms with Crippen molar-refractivity contribution in [1.29, 1.82) is 0 Å². The number of hydrogen-bond donors (Lipinski definition) is 1. The van der Waals surface area contributed by atoms with Crippen LogP contribution in [0.4, 0.5) is 11.5 Å². The second kappa shape index (κ2) is 9.10. The summed E-state index contributed by atoms with van der Waals surface area (Å²) in [6.07, 6.45) is 5.91. The number of benzene rings is 1. The van der Waals surface area contributed by atoms with Gasteiger partial charge in [0.05, 0.1) is 24.6 Å². The molecule has 1 saturated heterocycles. The molecule has 0 saturated carbocycles. The molecule has 0 spiro atoms. The molecule has 26 heavy (non-hydrogen) atoms. The summed E-state index contributed by atoms with van der Waals surface area (Å²) in [5.74, 6) is 0.774. The number of hydrogen-bond acceptors (Lipinski definition) is 6. The molecule has 6 nitrogen and oxygen atoms in total.